The second-order valence-corrected chi connectivity index (χ2v) is 9.36. The Bertz CT molecular complexity index is 871. The molecule has 2 aromatic rings. The second-order valence-electron chi connectivity index (χ2n) is 6.42. The lowest BCUT2D eigenvalue weighted by Crippen LogP contribution is -2.48. The zero-order valence-corrected chi connectivity index (χ0v) is 16.6. The third kappa shape index (κ3) is 4.32. The van der Waals surface area contributed by atoms with Gasteiger partial charge in [-0.1, -0.05) is 12.1 Å². The number of aryl methyl sites for hydroxylation is 1. The average molecular weight is 394 g/mol. The molecule has 1 aromatic heterocycles. The fraction of sp³-hybridized carbons (Fsp3) is 0.389. The van der Waals surface area contributed by atoms with Crippen molar-refractivity contribution in [3.8, 4) is 0 Å². The zero-order valence-electron chi connectivity index (χ0n) is 14.9. The number of piperazine rings is 1. The van der Waals surface area contributed by atoms with Gasteiger partial charge >= 0.3 is 0 Å². The van der Waals surface area contributed by atoms with Crippen molar-refractivity contribution in [2.75, 3.05) is 31.5 Å². The summed E-state index contributed by atoms with van der Waals surface area (Å²) in [7, 11) is -3.58. The SMILES string of the molecule is CC(=O)Nc1ccc(C)c(S(=O)(=O)N2CCN(Cc3cccs3)CC2)c1. The average Bonchev–Trinajstić information content (AvgIpc) is 3.09. The number of amides is 1. The molecule has 1 aliphatic rings. The fourth-order valence-electron chi connectivity index (χ4n) is 3.05. The largest absolute Gasteiger partial charge is 0.326 e. The van der Waals surface area contributed by atoms with Crippen molar-refractivity contribution in [3.63, 3.8) is 0 Å². The van der Waals surface area contributed by atoms with E-state index < -0.39 is 10.0 Å². The van der Waals surface area contributed by atoms with E-state index in [4.69, 9.17) is 0 Å². The number of anilines is 1. The molecule has 26 heavy (non-hydrogen) atoms. The van der Waals surface area contributed by atoms with Crippen LogP contribution in [0, 0.1) is 6.92 Å². The Morgan fingerprint density at radius 1 is 1.19 bits per heavy atom. The smallest absolute Gasteiger partial charge is 0.243 e. The normalized spacial score (nSPS) is 16.5. The highest BCUT2D eigenvalue weighted by atomic mass is 32.2. The van der Waals surface area contributed by atoms with Crippen molar-refractivity contribution < 1.29 is 13.2 Å². The number of nitrogens with zero attached hydrogens (tertiary/aromatic N) is 2. The Morgan fingerprint density at radius 2 is 1.92 bits per heavy atom. The van der Waals surface area contributed by atoms with Crippen molar-refractivity contribution in [3.05, 3.63) is 46.2 Å². The van der Waals surface area contributed by atoms with Crippen LogP contribution in [-0.2, 0) is 21.4 Å². The van der Waals surface area contributed by atoms with Crippen LogP contribution < -0.4 is 5.32 Å². The molecule has 6 nitrogen and oxygen atoms in total. The number of rotatable bonds is 5. The van der Waals surface area contributed by atoms with Gasteiger partial charge in [-0.15, -0.1) is 11.3 Å². The van der Waals surface area contributed by atoms with E-state index in [2.05, 4.69) is 21.7 Å². The summed E-state index contributed by atoms with van der Waals surface area (Å²) in [6, 6.07) is 9.13. The third-order valence-corrected chi connectivity index (χ3v) is 7.32. The number of nitrogens with one attached hydrogen (secondary N) is 1. The molecule has 1 fully saturated rings. The number of carbonyl (C=O) groups is 1. The monoisotopic (exact) mass is 393 g/mol. The molecule has 140 valence electrons. The topological polar surface area (TPSA) is 69.7 Å². The van der Waals surface area contributed by atoms with Crippen LogP contribution in [0.4, 0.5) is 5.69 Å². The summed E-state index contributed by atoms with van der Waals surface area (Å²) in [4.78, 5) is 15.1. The van der Waals surface area contributed by atoms with E-state index in [1.54, 1.807) is 36.5 Å². The molecule has 1 aliphatic heterocycles. The molecule has 0 atom stereocenters. The highest BCUT2D eigenvalue weighted by Gasteiger charge is 2.30. The predicted molar refractivity (Wildman–Crippen MR) is 104 cm³/mol. The fourth-order valence-corrected chi connectivity index (χ4v) is 5.47. The molecule has 8 heteroatoms. The Kier molecular flexibility index (Phi) is 5.76. The Balaban J connectivity index is 1.72. The lowest BCUT2D eigenvalue weighted by atomic mass is 10.2. The van der Waals surface area contributed by atoms with E-state index in [0.29, 0.717) is 37.4 Å². The van der Waals surface area contributed by atoms with Gasteiger partial charge in [0.25, 0.3) is 0 Å². The van der Waals surface area contributed by atoms with Gasteiger partial charge in [0.2, 0.25) is 15.9 Å². The molecule has 0 unspecified atom stereocenters. The first kappa shape index (κ1) is 19.0. The van der Waals surface area contributed by atoms with Gasteiger partial charge in [-0.3, -0.25) is 9.69 Å². The number of benzene rings is 1. The van der Waals surface area contributed by atoms with Crippen LogP contribution in [0.15, 0.2) is 40.6 Å². The van der Waals surface area contributed by atoms with E-state index in [9.17, 15) is 13.2 Å². The molecule has 1 saturated heterocycles. The van der Waals surface area contributed by atoms with Crippen molar-refractivity contribution in [1.29, 1.82) is 0 Å². The van der Waals surface area contributed by atoms with Gasteiger partial charge in [0.15, 0.2) is 0 Å². The van der Waals surface area contributed by atoms with E-state index in [-0.39, 0.29) is 10.8 Å². The number of thiophene rings is 1. The number of hydrogen-bond donors (Lipinski definition) is 1. The minimum absolute atomic E-state index is 0.223. The molecular weight excluding hydrogens is 370 g/mol. The van der Waals surface area contributed by atoms with Gasteiger partial charge in [0, 0.05) is 50.2 Å². The Labute approximate surface area is 158 Å². The van der Waals surface area contributed by atoms with Crippen LogP contribution in [-0.4, -0.2) is 49.7 Å². The second kappa shape index (κ2) is 7.87. The molecule has 0 spiro atoms. The first-order chi connectivity index (χ1) is 12.4. The van der Waals surface area contributed by atoms with Crippen LogP contribution in [0.5, 0.6) is 0 Å². The summed E-state index contributed by atoms with van der Waals surface area (Å²) in [5.74, 6) is -0.223. The number of carbonyl (C=O) groups excluding carboxylic acids is 1. The van der Waals surface area contributed by atoms with Gasteiger partial charge in [-0.25, -0.2) is 8.42 Å². The van der Waals surface area contributed by atoms with E-state index in [0.717, 1.165) is 6.54 Å². The third-order valence-electron chi connectivity index (χ3n) is 4.42. The van der Waals surface area contributed by atoms with Gasteiger partial charge in [-0.05, 0) is 36.1 Å². The van der Waals surface area contributed by atoms with Crippen LogP contribution in [0.25, 0.3) is 0 Å². The highest BCUT2D eigenvalue weighted by Crippen LogP contribution is 2.25. The molecule has 3 rings (SSSR count). The van der Waals surface area contributed by atoms with Crippen LogP contribution >= 0.6 is 11.3 Å². The van der Waals surface area contributed by atoms with Crippen LogP contribution in [0.1, 0.15) is 17.4 Å². The van der Waals surface area contributed by atoms with Gasteiger partial charge in [-0.2, -0.15) is 4.31 Å². The summed E-state index contributed by atoms with van der Waals surface area (Å²) in [5, 5.41) is 4.71. The van der Waals surface area contributed by atoms with Crippen LogP contribution in [0.3, 0.4) is 0 Å². The van der Waals surface area contributed by atoms with Gasteiger partial charge in [0.1, 0.15) is 0 Å². The van der Waals surface area contributed by atoms with Crippen molar-refractivity contribution in [1.82, 2.24) is 9.21 Å². The molecule has 1 amide bonds. The summed E-state index contributed by atoms with van der Waals surface area (Å²) >= 11 is 1.72. The lowest BCUT2D eigenvalue weighted by molar-refractivity contribution is -0.114. The first-order valence-corrected chi connectivity index (χ1v) is 10.8. The molecule has 0 radical (unpaired) electrons. The minimum atomic E-state index is -3.58. The lowest BCUT2D eigenvalue weighted by Gasteiger charge is -2.34. The molecule has 2 heterocycles. The van der Waals surface area contributed by atoms with E-state index in [1.807, 2.05) is 6.07 Å². The summed E-state index contributed by atoms with van der Waals surface area (Å²) in [6.07, 6.45) is 0. The summed E-state index contributed by atoms with van der Waals surface area (Å²) < 4.78 is 27.7. The summed E-state index contributed by atoms with van der Waals surface area (Å²) in [5.41, 5.74) is 1.18. The van der Waals surface area contributed by atoms with Gasteiger partial charge < -0.3 is 5.32 Å². The molecular formula is C18H23N3O3S2. The number of hydrogen-bond acceptors (Lipinski definition) is 5. The van der Waals surface area contributed by atoms with Gasteiger partial charge in [0.05, 0.1) is 4.90 Å². The minimum Gasteiger partial charge on any atom is -0.326 e. The van der Waals surface area contributed by atoms with Crippen LogP contribution in [0.2, 0.25) is 0 Å². The van der Waals surface area contributed by atoms with E-state index in [1.165, 1.54) is 16.1 Å². The Morgan fingerprint density at radius 3 is 2.54 bits per heavy atom. The predicted octanol–water partition coefficient (Wildman–Crippen LogP) is 2.52. The zero-order chi connectivity index (χ0) is 18.7. The molecule has 0 aliphatic carbocycles. The maximum absolute atomic E-state index is 13.1. The molecule has 0 saturated carbocycles. The van der Waals surface area contributed by atoms with Crippen molar-refractivity contribution >= 4 is 33.0 Å². The maximum atomic E-state index is 13.1. The first-order valence-electron chi connectivity index (χ1n) is 8.49. The molecule has 1 aromatic carbocycles. The Hall–Kier alpha value is -1.74. The summed E-state index contributed by atoms with van der Waals surface area (Å²) in [6.45, 7) is 6.40. The number of sulfonamides is 1. The quantitative estimate of drug-likeness (QED) is 0.847. The van der Waals surface area contributed by atoms with Crippen molar-refractivity contribution in [2.24, 2.45) is 0 Å². The molecule has 1 N–H and O–H groups in total. The van der Waals surface area contributed by atoms with E-state index >= 15 is 0 Å². The highest BCUT2D eigenvalue weighted by molar-refractivity contribution is 7.89. The maximum Gasteiger partial charge on any atom is 0.243 e. The molecule has 0 bridgehead atoms. The van der Waals surface area contributed by atoms with Crippen molar-refractivity contribution in [2.45, 2.75) is 25.3 Å². The standard InChI is InChI=1S/C18H23N3O3S2/c1-14-5-6-16(19-15(2)22)12-18(14)26(23,24)21-9-7-20(8-10-21)13-17-4-3-11-25-17/h3-6,11-12H,7-10,13H2,1-2H3,(H,19,22).